The molecule has 3 aromatic heterocycles. The van der Waals surface area contributed by atoms with Gasteiger partial charge >= 0.3 is 0 Å². The fourth-order valence-electron chi connectivity index (χ4n) is 3.75. The van der Waals surface area contributed by atoms with Crippen molar-refractivity contribution in [2.75, 3.05) is 6.54 Å². The van der Waals surface area contributed by atoms with Gasteiger partial charge in [0.2, 0.25) is 0 Å². The zero-order valence-electron chi connectivity index (χ0n) is 13.6. The van der Waals surface area contributed by atoms with Gasteiger partial charge in [0.05, 0.1) is 5.69 Å². The van der Waals surface area contributed by atoms with E-state index in [-0.39, 0.29) is 0 Å². The van der Waals surface area contributed by atoms with Gasteiger partial charge in [-0.1, -0.05) is 6.07 Å². The van der Waals surface area contributed by atoms with E-state index in [0.717, 1.165) is 46.8 Å². The van der Waals surface area contributed by atoms with Crippen LogP contribution >= 0.6 is 0 Å². The highest BCUT2D eigenvalue weighted by molar-refractivity contribution is 5.93. The van der Waals surface area contributed by atoms with Gasteiger partial charge in [0, 0.05) is 54.5 Å². The number of nitrogens with zero attached hydrogens (tertiary/aromatic N) is 5. The summed E-state index contributed by atoms with van der Waals surface area (Å²) in [5, 5.41) is 11.1. The number of hydrogen-bond donors (Lipinski definition) is 1. The van der Waals surface area contributed by atoms with E-state index in [9.17, 15) is 5.11 Å². The zero-order chi connectivity index (χ0) is 16.3. The van der Waals surface area contributed by atoms with E-state index in [1.54, 1.807) is 12.4 Å². The van der Waals surface area contributed by atoms with Crippen LogP contribution in [0, 0.1) is 6.92 Å². The fourth-order valence-corrected chi connectivity index (χ4v) is 3.75. The molecule has 0 bridgehead atoms. The maximum absolute atomic E-state index is 11.1. The molecule has 0 amide bonds. The molecule has 1 saturated carbocycles. The van der Waals surface area contributed by atoms with Gasteiger partial charge in [-0.15, -0.1) is 0 Å². The second kappa shape index (κ2) is 5.09. The topological polar surface area (TPSA) is 67.1 Å². The first-order valence-electron chi connectivity index (χ1n) is 8.44. The lowest BCUT2D eigenvalue weighted by Crippen LogP contribution is -2.39. The number of aliphatic hydroxyl groups is 1. The smallest absolute Gasteiger partial charge is 0.159 e. The van der Waals surface area contributed by atoms with Crippen LogP contribution in [-0.4, -0.2) is 42.1 Å². The molecular weight excluding hydrogens is 302 g/mol. The Labute approximate surface area is 139 Å². The zero-order valence-corrected chi connectivity index (χ0v) is 13.6. The number of fused-ring (bicyclic) bond motifs is 3. The molecule has 2 aliphatic rings. The van der Waals surface area contributed by atoms with E-state index in [1.165, 1.54) is 12.8 Å². The molecule has 0 radical (unpaired) electrons. The summed E-state index contributed by atoms with van der Waals surface area (Å²) in [7, 11) is 0. The Balaban J connectivity index is 1.77. The Morgan fingerprint density at radius 2 is 1.92 bits per heavy atom. The van der Waals surface area contributed by atoms with Gasteiger partial charge in [-0.25, -0.2) is 4.98 Å². The van der Waals surface area contributed by atoms with Crippen molar-refractivity contribution in [2.24, 2.45) is 0 Å². The first-order chi connectivity index (χ1) is 11.7. The molecule has 1 unspecified atom stereocenters. The summed E-state index contributed by atoms with van der Waals surface area (Å²) in [6.45, 7) is 3.66. The van der Waals surface area contributed by atoms with E-state index < -0.39 is 6.23 Å². The standard InChI is InChI=1S/C18H19N5O/c1-11-2-3-12(10-21-11)14-15-17(20-7-6-19-15)23-9-8-22(13-4-5-13)18(24)16(14)23/h2-3,6-7,10,13,18,24H,4-5,8-9H2,1H3. The van der Waals surface area contributed by atoms with Crippen LogP contribution < -0.4 is 0 Å². The summed E-state index contributed by atoms with van der Waals surface area (Å²) in [5.41, 5.74) is 5.51. The fraction of sp³-hybridized carbons (Fsp3) is 0.389. The predicted molar refractivity (Wildman–Crippen MR) is 90.2 cm³/mol. The number of rotatable bonds is 2. The van der Waals surface area contributed by atoms with Crippen LogP contribution in [0.5, 0.6) is 0 Å². The molecule has 1 fully saturated rings. The average molecular weight is 321 g/mol. The van der Waals surface area contributed by atoms with Crippen molar-refractivity contribution in [1.29, 1.82) is 0 Å². The van der Waals surface area contributed by atoms with E-state index in [2.05, 4.69) is 30.5 Å². The van der Waals surface area contributed by atoms with Crippen LogP contribution in [0.2, 0.25) is 0 Å². The highest BCUT2D eigenvalue weighted by Gasteiger charge is 2.39. The molecule has 1 N–H and O–H groups in total. The maximum atomic E-state index is 11.1. The van der Waals surface area contributed by atoms with Gasteiger partial charge in [0.15, 0.2) is 5.65 Å². The highest BCUT2D eigenvalue weighted by atomic mass is 16.3. The van der Waals surface area contributed by atoms with E-state index in [4.69, 9.17) is 0 Å². The summed E-state index contributed by atoms with van der Waals surface area (Å²) < 4.78 is 2.13. The van der Waals surface area contributed by atoms with Gasteiger partial charge < -0.3 is 9.67 Å². The number of hydrogen-bond acceptors (Lipinski definition) is 5. The number of pyridine rings is 1. The third-order valence-corrected chi connectivity index (χ3v) is 5.07. The second-order valence-electron chi connectivity index (χ2n) is 6.67. The molecule has 6 heteroatoms. The Kier molecular flexibility index (Phi) is 2.98. The molecule has 0 saturated heterocycles. The first-order valence-corrected chi connectivity index (χ1v) is 8.44. The molecule has 3 aromatic rings. The monoisotopic (exact) mass is 321 g/mol. The quantitative estimate of drug-likeness (QED) is 0.784. The van der Waals surface area contributed by atoms with Crippen LogP contribution in [0.25, 0.3) is 22.3 Å². The molecule has 1 aliphatic heterocycles. The van der Waals surface area contributed by atoms with Crippen molar-refractivity contribution in [2.45, 2.75) is 38.6 Å². The summed E-state index contributed by atoms with van der Waals surface area (Å²) in [5.74, 6) is 0. The van der Waals surface area contributed by atoms with Crippen LogP contribution in [0.15, 0.2) is 30.7 Å². The molecule has 5 rings (SSSR count). The van der Waals surface area contributed by atoms with Crippen LogP contribution in [0.1, 0.15) is 30.5 Å². The summed E-state index contributed by atoms with van der Waals surface area (Å²) in [6, 6.07) is 4.56. The van der Waals surface area contributed by atoms with Crippen LogP contribution in [0.3, 0.4) is 0 Å². The minimum atomic E-state index is -0.612. The highest BCUT2D eigenvalue weighted by Crippen LogP contribution is 2.42. The third-order valence-electron chi connectivity index (χ3n) is 5.07. The van der Waals surface area contributed by atoms with E-state index in [0.29, 0.717) is 6.04 Å². The molecule has 1 atom stereocenters. The molecule has 6 nitrogen and oxygen atoms in total. The Morgan fingerprint density at radius 1 is 1.08 bits per heavy atom. The van der Waals surface area contributed by atoms with Gasteiger partial charge in [-0.2, -0.15) is 0 Å². The number of aryl methyl sites for hydroxylation is 1. The van der Waals surface area contributed by atoms with Crippen molar-refractivity contribution in [3.63, 3.8) is 0 Å². The Bertz CT molecular complexity index is 913. The van der Waals surface area contributed by atoms with Gasteiger partial charge in [-0.3, -0.25) is 14.9 Å². The molecule has 122 valence electrons. The lowest BCUT2D eigenvalue weighted by atomic mass is 10.0. The lowest BCUT2D eigenvalue weighted by molar-refractivity contribution is -0.0256. The largest absolute Gasteiger partial charge is 0.372 e. The molecule has 4 heterocycles. The average Bonchev–Trinajstić information content (AvgIpc) is 3.38. The van der Waals surface area contributed by atoms with Crippen molar-refractivity contribution >= 4 is 11.2 Å². The third kappa shape index (κ3) is 2.00. The summed E-state index contributed by atoms with van der Waals surface area (Å²) in [4.78, 5) is 15.7. The van der Waals surface area contributed by atoms with Crippen molar-refractivity contribution in [3.05, 3.63) is 42.1 Å². The summed E-state index contributed by atoms with van der Waals surface area (Å²) in [6.07, 6.45) is 7.03. The first kappa shape index (κ1) is 14.1. The maximum Gasteiger partial charge on any atom is 0.159 e. The second-order valence-corrected chi connectivity index (χ2v) is 6.67. The van der Waals surface area contributed by atoms with Gasteiger partial charge in [0.1, 0.15) is 11.7 Å². The van der Waals surface area contributed by atoms with Crippen molar-refractivity contribution < 1.29 is 5.11 Å². The molecule has 0 aromatic carbocycles. The Morgan fingerprint density at radius 3 is 2.67 bits per heavy atom. The van der Waals surface area contributed by atoms with Gasteiger partial charge in [0.25, 0.3) is 0 Å². The van der Waals surface area contributed by atoms with E-state index >= 15 is 0 Å². The number of aromatic nitrogens is 4. The number of aliphatic hydroxyl groups excluding tert-OH is 1. The van der Waals surface area contributed by atoms with Crippen molar-refractivity contribution in [1.82, 2.24) is 24.4 Å². The minimum Gasteiger partial charge on any atom is -0.372 e. The molecule has 1 aliphatic carbocycles. The SMILES string of the molecule is Cc1ccc(-c2c3n(c4nccnc24)CCN(C2CC2)C3O)cn1. The minimum absolute atomic E-state index is 0.511. The predicted octanol–water partition coefficient (Wildman–Crippen LogP) is 2.27. The van der Waals surface area contributed by atoms with Crippen LogP contribution in [-0.2, 0) is 6.54 Å². The molecule has 24 heavy (non-hydrogen) atoms. The molecule has 0 spiro atoms. The Hall–Kier alpha value is -2.31. The summed E-state index contributed by atoms with van der Waals surface area (Å²) >= 11 is 0. The van der Waals surface area contributed by atoms with Gasteiger partial charge in [-0.05, 0) is 25.8 Å². The lowest BCUT2D eigenvalue weighted by Gasteiger charge is -2.34. The van der Waals surface area contributed by atoms with Crippen molar-refractivity contribution in [3.8, 4) is 11.1 Å². The molecular formula is C18H19N5O. The van der Waals surface area contributed by atoms with Crippen LogP contribution in [0.4, 0.5) is 0 Å². The van der Waals surface area contributed by atoms with E-state index in [1.807, 2.05) is 19.2 Å². The normalized spacial score (nSPS) is 21.2.